The fourth-order valence-corrected chi connectivity index (χ4v) is 1.58. The van der Waals surface area contributed by atoms with Gasteiger partial charge in [0.05, 0.1) is 23.9 Å². The summed E-state index contributed by atoms with van der Waals surface area (Å²) in [6.07, 6.45) is 2.78. The van der Waals surface area contributed by atoms with E-state index in [0.717, 1.165) is 0 Å². The van der Waals surface area contributed by atoms with Crippen LogP contribution in [0.1, 0.15) is 21.6 Å². The summed E-state index contributed by atoms with van der Waals surface area (Å²) in [5, 5.41) is 18.0. The van der Waals surface area contributed by atoms with Crippen LogP contribution in [0.2, 0.25) is 0 Å². The van der Waals surface area contributed by atoms with E-state index in [2.05, 4.69) is 19.7 Å². The van der Waals surface area contributed by atoms with Crippen LogP contribution in [-0.4, -0.2) is 28.0 Å². The Morgan fingerprint density at radius 2 is 2.15 bits per heavy atom. The van der Waals surface area contributed by atoms with Gasteiger partial charge in [-0.15, -0.1) is 0 Å². The quantitative estimate of drug-likeness (QED) is 0.746. The van der Waals surface area contributed by atoms with E-state index in [9.17, 15) is 4.79 Å². The maximum Gasteiger partial charge on any atom is 0.340 e. The van der Waals surface area contributed by atoms with Gasteiger partial charge in [0.15, 0.2) is 5.69 Å². The molecule has 0 aliphatic rings. The number of pyridine rings is 1. The zero-order chi connectivity index (χ0) is 14.5. The average molecular weight is 265 g/mol. The number of hydrogen-bond acceptors (Lipinski definition) is 7. The Kier molecular flexibility index (Phi) is 3.64. The van der Waals surface area contributed by atoms with Crippen molar-refractivity contribution >= 4 is 5.97 Å². The molecule has 0 bridgehead atoms. The van der Waals surface area contributed by atoms with Crippen LogP contribution >= 0.6 is 0 Å². The van der Waals surface area contributed by atoms with Crippen molar-refractivity contribution < 1.29 is 9.53 Å². The molecule has 2 rings (SSSR count). The summed E-state index contributed by atoms with van der Waals surface area (Å²) in [6, 6.07) is 6.45. The van der Waals surface area contributed by atoms with Crippen LogP contribution in [0.4, 0.5) is 0 Å². The van der Waals surface area contributed by atoms with Gasteiger partial charge in [-0.2, -0.15) is 10.5 Å². The Hall–Kier alpha value is -3.32. The third-order valence-corrected chi connectivity index (χ3v) is 2.48. The molecule has 0 N–H and O–H groups in total. The second-order valence-corrected chi connectivity index (χ2v) is 3.59. The molecule has 0 atom stereocenters. The number of rotatable bonds is 2. The van der Waals surface area contributed by atoms with Gasteiger partial charge in [-0.3, -0.25) is 0 Å². The van der Waals surface area contributed by atoms with Gasteiger partial charge >= 0.3 is 5.97 Å². The Morgan fingerprint density at radius 1 is 1.35 bits per heavy atom. The normalized spacial score (nSPS) is 9.35. The van der Waals surface area contributed by atoms with Crippen LogP contribution in [0.25, 0.3) is 11.4 Å². The van der Waals surface area contributed by atoms with Crippen LogP contribution in [0.15, 0.2) is 24.7 Å². The van der Waals surface area contributed by atoms with Gasteiger partial charge in [0.2, 0.25) is 0 Å². The van der Waals surface area contributed by atoms with E-state index < -0.39 is 5.97 Å². The largest absolute Gasteiger partial charge is 0.465 e. The highest BCUT2D eigenvalue weighted by Gasteiger charge is 2.19. The molecule has 0 amide bonds. The van der Waals surface area contributed by atoms with Crippen molar-refractivity contribution in [3.05, 3.63) is 41.5 Å². The molecule has 0 aromatic carbocycles. The molecule has 2 aromatic rings. The second kappa shape index (κ2) is 5.55. The lowest BCUT2D eigenvalue weighted by Gasteiger charge is -2.07. The molecule has 0 spiro atoms. The molecule has 0 saturated heterocycles. The van der Waals surface area contributed by atoms with Gasteiger partial charge < -0.3 is 4.74 Å². The number of methoxy groups -OCH3 is 1. The van der Waals surface area contributed by atoms with E-state index in [-0.39, 0.29) is 22.5 Å². The van der Waals surface area contributed by atoms with Crippen LogP contribution in [-0.2, 0) is 4.74 Å². The van der Waals surface area contributed by atoms with Gasteiger partial charge in [-0.05, 0) is 12.1 Å². The van der Waals surface area contributed by atoms with E-state index in [1.54, 1.807) is 6.07 Å². The minimum atomic E-state index is -0.660. The highest BCUT2D eigenvalue weighted by Crippen LogP contribution is 2.22. The molecule has 7 heteroatoms. The summed E-state index contributed by atoms with van der Waals surface area (Å²) in [5.74, 6) is -0.660. The van der Waals surface area contributed by atoms with Crippen molar-refractivity contribution in [2.24, 2.45) is 0 Å². The predicted octanol–water partition coefficient (Wildman–Crippen LogP) is 1.07. The summed E-state index contributed by atoms with van der Waals surface area (Å²) in [5.41, 5.74) is 0.539. The van der Waals surface area contributed by atoms with Gasteiger partial charge in [0.1, 0.15) is 24.2 Å². The summed E-state index contributed by atoms with van der Waals surface area (Å²) in [6.45, 7) is 0. The van der Waals surface area contributed by atoms with Gasteiger partial charge in [0, 0.05) is 6.20 Å². The van der Waals surface area contributed by atoms with Crippen molar-refractivity contribution in [1.82, 2.24) is 15.0 Å². The number of carbonyl (C=O) groups is 1. The first kappa shape index (κ1) is 13.1. The topological polar surface area (TPSA) is 113 Å². The molecule has 7 nitrogen and oxygen atoms in total. The zero-order valence-corrected chi connectivity index (χ0v) is 10.4. The fraction of sp³-hybridized carbons (Fsp3) is 0.0769. The van der Waals surface area contributed by atoms with E-state index in [0.29, 0.717) is 5.69 Å². The van der Waals surface area contributed by atoms with E-state index in [4.69, 9.17) is 10.5 Å². The summed E-state index contributed by atoms with van der Waals surface area (Å²) < 4.78 is 4.66. The lowest BCUT2D eigenvalue weighted by molar-refractivity contribution is 0.0601. The van der Waals surface area contributed by atoms with E-state index in [1.165, 1.54) is 25.7 Å². The second-order valence-electron chi connectivity index (χ2n) is 3.59. The van der Waals surface area contributed by atoms with Gasteiger partial charge in [-0.25, -0.2) is 19.7 Å². The molecule has 20 heavy (non-hydrogen) atoms. The lowest BCUT2D eigenvalue weighted by atomic mass is 10.1. The summed E-state index contributed by atoms with van der Waals surface area (Å²) >= 11 is 0. The molecule has 2 heterocycles. The molecular formula is C13H7N5O2. The molecule has 0 radical (unpaired) electrons. The van der Waals surface area contributed by atoms with Crippen LogP contribution in [0, 0.1) is 22.7 Å². The van der Waals surface area contributed by atoms with Gasteiger partial charge in [0.25, 0.3) is 0 Å². The highest BCUT2D eigenvalue weighted by atomic mass is 16.5. The Labute approximate surface area is 114 Å². The standard InChI is InChI=1S/C13H7N5O2/c1-20-13(19)9-4-8(5-14)11(6-15)18-12(9)10-2-3-16-7-17-10/h2-4,7H,1H3. The average Bonchev–Trinajstić information content (AvgIpc) is 2.53. The van der Waals surface area contributed by atoms with Crippen molar-refractivity contribution in [2.75, 3.05) is 7.11 Å². The first-order chi connectivity index (χ1) is 9.71. The number of ether oxygens (including phenoxy) is 1. The Balaban J connectivity index is 2.75. The zero-order valence-electron chi connectivity index (χ0n) is 10.4. The van der Waals surface area contributed by atoms with Crippen LogP contribution < -0.4 is 0 Å². The number of nitriles is 2. The van der Waals surface area contributed by atoms with Crippen LogP contribution in [0.5, 0.6) is 0 Å². The van der Waals surface area contributed by atoms with Crippen molar-refractivity contribution in [1.29, 1.82) is 10.5 Å². The molecule has 0 unspecified atom stereocenters. The molecule has 0 aliphatic heterocycles. The predicted molar refractivity (Wildman–Crippen MR) is 66.0 cm³/mol. The molecule has 0 saturated carbocycles. The van der Waals surface area contributed by atoms with Crippen LogP contribution in [0.3, 0.4) is 0 Å². The third kappa shape index (κ3) is 2.28. The molecule has 0 fully saturated rings. The smallest absolute Gasteiger partial charge is 0.340 e. The maximum absolute atomic E-state index is 11.8. The first-order valence-electron chi connectivity index (χ1n) is 5.41. The van der Waals surface area contributed by atoms with E-state index >= 15 is 0 Å². The summed E-state index contributed by atoms with van der Waals surface area (Å²) in [4.78, 5) is 23.6. The molecular weight excluding hydrogens is 258 g/mol. The third-order valence-electron chi connectivity index (χ3n) is 2.48. The fourth-order valence-electron chi connectivity index (χ4n) is 1.58. The maximum atomic E-state index is 11.8. The minimum absolute atomic E-state index is 0.00528. The molecule has 2 aromatic heterocycles. The first-order valence-corrected chi connectivity index (χ1v) is 5.41. The number of carbonyl (C=O) groups excluding carboxylic acids is 1. The Morgan fingerprint density at radius 3 is 2.70 bits per heavy atom. The van der Waals surface area contributed by atoms with Gasteiger partial charge in [-0.1, -0.05) is 0 Å². The monoisotopic (exact) mass is 265 g/mol. The molecule has 96 valence electrons. The lowest BCUT2D eigenvalue weighted by Crippen LogP contribution is -2.08. The number of aromatic nitrogens is 3. The van der Waals surface area contributed by atoms with E-state index in [1.807, 2.05) is 12.1 Å². The summed E-state index contributed by atoms with van der Waals surface area (Å²) in [7, 11) is 1.22. The van der Waals surface area contributed by atoms with Crippen molar-refractivity contribution in [3.8, 4) is 23.5 Å². The number of hydrogen-bond donors (Lipinski definition) is 0. The highest BCUT2D eigenvalue weighted by molar-refractivity contribution is 5.96. The Bertz CT molecular complexity index is 744. The number of esters is 1. The van der Waals surface area contributed by atoms with Crippen molar-refractivity contribution in [3.63, 3.8) is 0 Å². The SMILES string of the molecule is COC(=O)c1cc(C#N)c(C#N)nc1-c1ccncn1. The number of nitrogens with zero attached hydrogens (tertiary/aromatic N) is 5. The van der Waals surface area contributed by atoms with Crippen molar-refractivity contribution in [2.45, 2.75) is 0 Å². The molecule has 0 aliphatic carbocycles. The minimum Gasteiger partial charge on any atom is -0.465 e.